The van der Waals surface area contributed by atoms with Gasteiger partial charge in [-0.2, -0.15) is 0 Å². The van der Waals surface area contributed by atoms with Crippen molar-refractivity contribution in [2.75, 3.05) is 6.61 Å². The van der Waals surface area contributed by atoms with Crippen molar-refractivity contribution in [3.8, 4) is 16.9 Å². The van der Waals surface area contributed by atoms with Crippen LogP contribution in [0.3, 0.4) is 0 Å². The van der Waals surface area contributed by atoms with Crippen LogP contribution in [0.15, 0.2) is 36.4 Å². The predicted octanol–water partition coefficient (Wildman–Crippen LogP) is 3.41. The molecule has 2 nitrogen and oxygen atoms in total. The van der Waals surface area contributed by atoms with Gasteiger partial charge in [0.05, 0.1) is 6.61 Å². The number of hydrogen-bond acceptors (Lipinski definition) is 2. The monoisotopic (exact) mass is 238 g/mol. The summed E-state index contributed by atoms with van der Waals surface area (Å²) >= 11 is 0. The van der Waals surface area contributed by atoms with Crippen molar-refractivity contribution in [2.45, 2.75) is 13.3 Å². The fraction of sp³-hybridized carbons (Fsp3) is 0.188. The summed E-state index contributed by atoms with van der Waals surface area (Å²) in [5.74, 6) is 0.999. The number of carbonyl (C=O) groups excluding carboxylic acids is 1. The summed E-state index contributed by atoms with van der Waals surface area (Å²) in [6.07, 6.45) is 1.86. The molecule has 0 amide bonds. The number of aldehydes is 1. The summed E-state index contributed by atoms with van der Waals surface area (Å²) in [7, 11) is 0. The third-order valence-corrected chi connectivity index (χ3v) is 3.39. The molecule has 0 unspecified atom stereocenters. The van der Waals surface area contributed by atoms with Crippen LogP contribution in [0.25, 0.3) is 11.1 Å². The second-order valence-electron chi connectivity index (χ2n) is 4.58. The lowest BCUT2D eigenvalue weighted by atomic mass is 9.96. The molecule has 0 saturated heterocycles. The van der Waals surface area contributed by atoms with Crippen molar-refractivity contribution in [2.24, 2.45) is 0 Å². The normalized spacial score (nSPS) is 12.9. The Morgan fingerprint density at radius 2 is 2.06 bits per heavy atom. The number of fused-ring (bicyclic) bond motifs is 1. The van der Waals surface area contributed by atoms with Crippen LogP contribution in [0.2, 0.25) is 0 Å². The maximum absolute atomic E-state index is 10.8. The third-order valence-electron chi connectivity index (χ3n) is 3.39. The summed E-state index contributed by atoms with van der Waals surface area (Å²) in [4.78, 5) is 10.8. The fourth-order valence-electron chi connectivity index (χ4n) is 2.49. The first-order valence-corrected chi connectivity index (χ1v) is 6.10. The molecule has 1 heterocycles. The molecule has 18 heavy (non-hydrogen) atoms. The first-order chi connectivity index (χ1) is 8.79. The summed E-state index contributed by atoms with van der Waals surface area (Å²) in [5.41, 5.74) is 5.35. The molecule has 90 valence electrons. The van der Waals surface area contributed by atoms with Crippen LogP contribution in [-0.2, 0) is 6.42 Å². The maximum Gasteiger partial charge on any atom is 0.150 e. The molecule has 2 heteroatoms. The molecule has 1 aliphatic heterocycles. The minimum Gasteiger partial charge on any atom is -0.492 e. The topological polar surface area (TPSA) is 26.3 Å². The highest BCUT2D eigenvalue weighted by atomic mass is 16.5. The molecular formula is C16H14O2. The van der Waals surface area contributed by atoms with E-state index in [9.17, 15) is 4.79 Å². The van der Waals surface area contributed by atoms with Crippen molar-refractivity contribution < 1.29 is 9.53 Å². The molecule has 0 aliphatic carbocycles. The van der Waals surface area contributed by atoms with Gasteiger partial charge < -0.3 is 4.74 Å². The second kappa shape index (κ2) is 4.30. The lowest BCUT2D eigenvalue weighted by Gasteiger charge is -2.11. The molecule has 0 N–H and O–H groups in total. The molecule has 0 aromatic heterocycles. The van der Waals surface area contributed by atoms with E-state index in [0.717, 1.165) is 41.8 Å². The van der Waals surface area contributed by atoms with Crippen molar-refractivity contribution in [1.29, 1.82) is 0 Å². The summed E-state index contributed by atoms with van der Waals surface area (Å²) in [5, 5.41) is 0. The first-order valence-electron chi connectivity index (χ1n) is 6.10. The fourth-order valence-corrected chi connectivity index (χ4v) is 2.49. The van der Waals surface area contributed by atoms with E-state index in [2.05, 4.69) is 18.2 Å². The standard InChI is InChI=1S/C16H14O2/c1-11-9-12(10-17)5-6-14(11)15-4-2-3-13-7-8-18-16(13)15/h2-6,9-10H,7-8H2,1H3. The van der Waals surface area contributed by atoms with E-state index in [1.54, 1.807) is 0 Å². The summed E-state index contributed by atoms with van der Waals surface area (Å²) in [6, 6.07) is 12.0. The van der Waals surface area contributed by atoms with Crippen LogP contribution < -0.4 is 4.74 Å². The Bertz CT molecular complexity index is 614. The Labute approximate surface area is 106 Å². The Morgan fingerprint density at radius 3 is 2.83 bits per heavy atom. The average Bonchev–Trinajstić information content (AvgIpc) is 2.87. The molecule has 0 fully saturated rings. The van der Waals surface area contributed by atoms with Gasteiger partial charge in [0.15, 0.2) is 0 Å². The molecule has 0 radical (unpaired) electrons. The highest BCUT2D eigenvalue weighted by Gasteiger charge is 2.17. The van der Waals surface area contributed by atoms with Crippen molar-refractivity contribution in [3.05, 3.63) is 53.1 Å². The van der Waals surface area contributed by atoms with Gasteiger partial charge in [-0.25, -0.2) is 0 Å². The van der Waals surface area contributed by atoms with Crippen LogP contribution in [0.5, 0.6) is 5.75 Å². The van der Waals surface area contributed by atoms with Crippen LogP contribution >= 0.6 is 0 Å². The summed E-state index contributed by atoms with van der Waals surface area (Å²) < 4.78 is 5.73. The smallest absolute Gasteiger partial charge is 0.150 e. The van der Waals surface area contributed by atoms with E-state index in [0.29, 0.717) is 5.56 Å². The lowest BCUT2D eigenvalue weighted by Crippen LogP contribution is -1.91. The van der Waals surface area contributed by atoms with E-state index in [-0.39, 0.29) is 0 Å². The Morgan fingerprint density at radius 1 is 1.17 bits per heavy atom. The van der Waals surface area contributed by atoms with E-state index >= 15 is 0 Å². The Kier molecular flexibility index (Phi) is 2.63. The molecule has 0 atom stereocenters. The van der Waals surface area contributed by atoms with E-state index in [1.807, 2.05) is 25.1 Å². The van der Waals surface area contributed by atoms with E-state index in [4.69, 9.17) is 4.74 Å². The SMILES string of the molecule is Cc1cc(C=O)ccc1-c1cccc2c1OCC2. The predicted molar refractivity (Wildman–Crippen MR) is 71.2 cm³/mol. The van der Waals surface area contributed by atoms with E-state index < -0.39 is 0 Å². The molecule has 3 rings (SSSR count). The number of ether oxygens (including phenoxy) is 1. The van der Waals surface area contributed by atoms with Crippen LogP contribution in [0, 0.1) is 6.92 Å². The van der Waals surface area contributed by atoms with E-state index in [1.165, 1.54) is 5.56 Å². The van der Waals surface area contributed by atoms with Crippen molar-refractivity contribution in [1.82, 2.24) is 0 Å². The average molecular weight is 238 g/mol. The van der Waals surface area contributed by atoms with Gasteiger partial charge in [0.2, 0.25) is 0 Å². The maximum atomic E-state index is 10.8. The number of benzene rings is 2. The van der Waals surface area contributed by atoms with Gasteiger partial charge >= 0.3 is 0 Å². The molecule has 0 saturated carbocycles. The number of para-hydroxylation sites is 1. The number of carbonyl (C=O) groups is 1. The zero-order valence-corrected chi connectivity index (χ0v) is 10.3. The quantitative estimate of drug-likeness (QED) is 0.749. The zero-order valence-electron chi connectivity index (χ0n) is 10.3. The molecule has 0 bridgehead atoms. The van der Waals surface area contributed by atoms with Gasteiger partial charge in [0.25, 0.3) is 0 Å². The Hall–Kier alpha value is -2.09. The minimum absolute atomic E-state index is 0.713. The summed E-state index contributed by atoms with van der Waals surface area (Å²) in [6.45, 7) is 2.79. The first kappa shape index (κ1) is 11.0. The molecular weight excluding hydrogens is 224 g/mol. The third kappa shape index (κ3) is 1.70. The van der Waals surface area contributed by atoms with Crippen LogP contribution in [0.1, 0.15) is 21.5 Å². The highest BCUT2D eigenvalue weighted by molar-refractivity contribution is 5.81. The molecule has 0 spiro atoms. The Balaban J connectivity index is 2.16. The lowest BCUT2D eigenvalue weighted by molar-refractivity contribution is 0.112. The van der Waals surface area contributed by atoms with Crippen molar-refractivity contribution >= 4 is 6.29 Å². The van der Waals surface area contributed by atoms with Gasteiger partial charge in [-0.1, -0.05) is 30.3 Å². The zero-order chi connectivity index (χ0) is 12.5. The van der Waals surface area contributed by atoms with Gasteiger partial charge in [-0.15, -0.1) is 0 Å². The molecule has 2 aromatic carbocycles. The van der Waals surface area contributed by atoms with Gasteiger partial charge in [-0.3, -0.25) is 4.79 Å². The highest BCUT2D eigenvalue weighted by Crippen LogP contribution is 2.38. The molecule has 1 aliphatic rings. The van der Waals surface area contributed by atoms with Gasteiger partial charge in [0.1, 0.15) is 12.0 Å². The van der Waals surface area contributed by atoms with Crippen LogP contribution in [-0.4, -0.2) is 12.9 Å². The second-order valence-corrected chi connectivity index (χ2v) is 4.58. The number of rotatable bonds is 2. The number of hydrogen-bond donors (Lipinski definition) is 0. The van der Waals surface area contributed by atoms with Gasteiger partial charge in [-0.05, 0) is 29.7 Å². The number of aryl methyl sites for hydroxylation is 1. The minimum atomic E-state index is 0.713. The largest absolute Gasteiger partial charge is 0.492 e. The molecule has 2 aromatic rings. The van der Waals surface area contributed by atoms with Gasteiger partial charge in [0, 0.05) is 17.5 Å². The van der Waals surface area contributed by atoms with Crippen LogP contribution in [0.4, 0.5) is 0 Å². The van der Waals surface area contributed by atoms with Crippen molar-refractivity contribution in [3.63, 3.8) is 0 Å².